The molecule has 48 heavy (non-hydrogen) atoms. The molecule has 0 saturated heterocycles. The Morgan fingerprint density at radius 2 is 1.92 bits per heavy atom. The SMILES string of the molecule is C#CCCCC(Nc1nc(C(=O)O)c(CCCOc2ccc(CCCNC)cc2F)s1)c1cc(C)c(Nc2nc3ccccc3s2)nn1. The fourth-order valence-electron chi connectivity index (χ4n) is 5.13. The number of benzene rings is 2. The third-order valence-corrected chi connectivity index (χ3v) is 9.58. The van der Waals surface area contributed by atoms with Gasteiger partial charge in [-0.05, 0) is 100 Å². The lowest BCUT2D eigenvalue weighted by Gasteiger charge is -2.18. The Balaban J connectivity index is 1.23. The van der Waals surface area contributed by atoms with E-state index in [0.29, 0.717) is 47.2 Å². The van der Waals surface area contributed by atoms with Crippen molar-refractivity contribution in [3.05, 3.63) is 81.7 Å². The Hall–Kier alpha value is -4.64. The zero-order valence-corrected chi connectivity index (χ0v) is 28.5. The van der Waals surface area contributed by atoms with Crippen LogP contribution in [-0.2, 0) is 12.8 Å². The molecular weight excluding hydrogens is 650 g/mol. The number of aromatic carboxylic acids is 1. The molecule has 4 N–H and O–H groups in total. The van der Waals surface area contributed by atoms with E-state index >= 15 is 0 Å². The highest BCUT2D eigenvalue weighted by Gasteiger charge is 2.22. The minimum absolute atomic E-state index is 0.0142. The van der Waals surface area contributed by atoms with E-state index in [1.165, 1.54) is 28.7 Å². The zero-order chi connectivity index (χ0) is 33.9. The first-order chi connectivity index (χ1) is 23.3. The molecule has 10 nitrogen and oxygen atoms in total. The highest BCUT2D eigenvalue weighted by atomic mass is 32.1. The van der Waals surface area contributed by atoms with Crippen molar-refractivity contribution < 1.29 is 19.0 Å². The normalized spacial score (nSPS) is 11.7. The van der Waals surface area contributed by atoms with Crippen LogP contribution in [0.1, 0.15) is 70.3 Å². The van der Waals surface area contributed by atoms with E-state index in [2.05, 4.69) is 42.0 Å². The molecule has 0 amide bonds. The summed E-state index contributed by atoms with van der Waals surface area (Å²) in [4.78, 5) is 21.7. The van der Waals surface area contributed by atoms with Gasteiger partial charge in [-0.2, -0.15) is 5.10 Å². The molecule has 0 aliphatic heterocycles. The fourth-order valence-corrected chi connectivity index (χ4v) is 7.04. The largest absolute Gasteiger partial charge is 0.491 e. The number of anilines is 3. The summed E-state index contributed by atoms with van der Waals surface area (Å²) >= 11 is 2.82. The second-order valence-corrected chi connectivity index (χ2v) is 13.3. The molecule has 0 aliphatic carbocycles. The third-order valence-electron chi connectivity index (χ3n) is 7.59. The maximum Gasteiger partial charge on any atom is 0.355 e. The standard InChI is InChI=1S/C35H38FN7O3S2/c1-4-5-6-12-25(27-20-22(2)32(43-42-27)41-35-39-26-13-7-8-14-29(26)47-35)38-34-40-31(33(44)45)30(48-34)15-10-19-46-28-17-16-23(21-24(28)36)11-9-18-37-3/h1,7-8,13-14,16-17,20-21,25,37H,5-6,9-12,15,18-19H2,2-3H3,(H,38,40)(H,44,45)(H,39,41,43). The van der Waals surface area contributed by atoms with E-state index in [1.807, 2.05) is 50.4 Å². The summed E-state index contributed by atoms with van der Waals surface area (Å²) < 4.78 is 21.3. The van der Waals surface area contributed by atoms with Crippen LogP contribution in [0.3, 0.4) is 0 Å². The molecule has 13 heteroatoms. The average Bonchev–Trinajstić information content (AvgIpc) is 3.68. The summed E-state index contributed by atoms with van der Waals surface area (Å²) in [5.41, 5.74) is 3.39. The van der Waals surface area contributed by atoms with Crippen LogP contribution in [-0.4, -0.2) is 51.4 Å². The number of rotatable bonds is 18. The Kier molecular flexibility index (Phi) is 12.3. The average molecular weight is 688 g/mol. The van der Waals surface area contributed by atoms with Gasteiger partial charge in [0.2, 0.25) is 0 Å². The zero-order valence-electron chi connectivity index (χ0n) is 26.9. The lowest BCUT2D eigenvalue weighted by molar-refractivity contribution is 0.0690. The summed E-state index contributed by atoms with van der Waals surface area (Å²) in [6.45, 7) is 3.05. The number of aryl methyl sites for hydroxylation is 3. The summed E-state index contributed by atoms with van der Waals surface area (Å²) in [7, 11) is 1.89. The van der Waals surface area contributed by atoms with Crippen LogP contribution in [0.4, 0.5) is 20.5 Å². The fraction of sp³-hybridized carbons (Fsp3) is 0.343. The van der Waals surface area contributed by atoms with Crippen LogP contribution < -0.4 is 20.7 Å². The number of ether oxygens (including phenoxy) is 1. The number of hydrogen-bond donors (Lipinski definition) is 4. The van der Waals surface area contributed by atoms with Crippen LogP contribution in [0, 0.1) is 25.1 Å². The molecule has 0 fully saturated rings. The van der Waals surface area contributed by atoms with Gasteiger partial charge >= 0.3 is 5.97 Å². The number of nitrogens with one attached hydrogen (secondary N) is 3. The van der Waals surface area contributed by atoms with Crippen molar-refractivity contribution in [1.29, 1.82) is 0 Å². The van der Waals surface area contributed by atoms with Crippen molar-refractivity contribution >= 4 is 54.9 Å². The van der Waals surface area contributed by atoms with E-state index in [1.54, 1.807) is 6.07 Å². The van der Waals surface area contributed by atoms with E-state index in [9.17, 15) is 14.3 Å². The van der Waals surface area contributed by atoms with Gasteiger partial charge < -0.3 is 25.8 Å². The first-order valence-corrected chi connectivity index (χ1v) is 17.4. The van der Waals surface area contributed by atoms with Crippen molar-refractivity contribution in [3.8, 4) is 18.1 Å². The second-order valence-electron chi connectivity index (χ2n) is 11.2. The molecule has 3 heterocycles. The van der Waals surface area contributed by atoms with E-state index in [0.717, 1.165) is 52.3 Å². The van der Waals surface area contributed by atoms with Crippen molar-refractivity contribution in [2.45, 2.75) is 57.9 Å². The predicted molar refractivity (Wildman–Crippen MR) is 190 cm³/mol. The van der Waals surface area contributed by atoms with Crippen LogP contribution in [0.2, 0.25) is 0 Å². The highest BCUT2D eigenvalue weighted by Crippen LogP contribution is 2.32. The number of fused-ring (bicyclic) bond motifs is 1. The summed E-state index contributed by atoms with van der Waals surface area (Å²) in [6.07, 6.45) is 10.1. The maximum absolute atomic E-state index is 14.6. The van der Waals surface area contributed by atoms with Crippen molar-refractivity contribution in [2.24, 2.45) is 0 Å². The molecule has 5 rings (SSSR count). The van der Waals surface area contributed by atoms with Gasteiger partial charge in [0.15, 0.2) is 33.3 Å². The molecule has 0 bridgehead atoms. The Morgan fingerprint density at radius 3 is 2.67 bits per heavy atom. The quantitative estimate of drug-likeness (QED) is 0.0540. The monoisotopic (exact) mass is 687 g/mol. The number of thiazole rings is 2. The summed E-state index contributed by atoms with van der Waals surface area (Å²) in [5, 5.41) is 29.8. The molecular formula is C35H38FN7O3S2. The lowest BCUT2D eigenvalue weighted by atomic mass is 10.1. The Labute approximate surface area is 287 Å². The van der Waals surface area contributed by atoms with Crippen molar-refractivity contribution in [1.82, 2.24) is 25.5 Å². The molecule has 3 aromatic heterocycles. The molecule has 0 saturated carbocycles. The number of nitrogens with zero attached hydrogens (tertiary/aromatic N) is 4. The number of terminal acetylenes is 1. The highest BCUT2D eigenvalue weighted by molar-refractivity contribution is 7.22. The Bertz CT molecular complexity index is 1850. The number of carbonyl (C=O) groups is 1. The van der Waals surface area contributed by atoms with Crippen molar-refractivity contribution in [3.63, 3.8) is 0 Å². The summed E-state index contributed by atoms with van der Waals surface area (Å²) in [5.74, 6) is 1.95. The molecule has 250 valence electrons. The number of para-hydroxylation sites is 1. The second kappa shape index (κ2) is 17.0. The number of aromatic nitrogens is 4. The van der Waals surface area contributed by atoms with Crippen LogP contribution in [0.25, 0.3) is 10.2 Å². The van der Waals surface area contributed by atoms with Gasteiger partial charge in [-0.3, -0.25) is 0 Å². The first kappa shape index (κ1) is 34.7. The number of hydrogen-bond acceptors (Lipinski definition) is 11. The number of unbranched alkanes of at least 4 members (excludes halogenated alkanes) is 1. The minimum Gasteiger partial charge on any atom is -0.491 e. The van der Waals surface area contributed by atoms with Gasteiger partial charge in [0.1, 0.15) is 0 Å². The van der Waals surface area contributed by atoms with Gasteiger partial charge in [-0.1, -0.05) is 29.5 Å². The number of carboxylic acid groups (broad SMARTS) is 1. The first-order valence-electron chi connectivity index (χ1n) is 15.8. The van der Waals surface area contributed by atoms with Gasteiger partial charge in [-0.15, -0.1) is 28.8 Å². The molecule has 0 aliphatic rings. The number of carboxylic acids is 1. The summed E-state index contributed by atoms with van der Waals surface area (Å²) in [6, 6.07) is 14.6. The maximum atomic E-state index is 14.6. The van der Waals surface area contributed by atoms with Gasteiger partial charge in [-0.25, -0.2) is 19.2 Å². The van der Waals surface area contributed by atoms with E-state index < -0.39 is 11.8 Å². The molecule has 0 spiro atoms. The van der Waals surface area contributed by atoms with Gasteiger partial charge in [0, 0.05) is 11.3 Å². The van der Waals surface area contributed by atoms with Gasteiger partial charge in [0.25, 0.3) is 0 Å². The third kappa shape index (κ3) is 9.25. The molecule has 5 aromatic rings. The molecule has 2 aromatic carbocycles. The van der Waals surface area contributed by atoms with Crippen molar-refractivity contribution in [2.75, 3.05) is 30.8 Å². The van der Waals surface area contributed by atoms with Crippen LogP contribution in [0.15, 0.2) is 48.5 Å². The predicted octanol–water partition coefficient (Wildman–Crippen LogP) is 7.55. The number of halogens is 1. The molecule has 1 atom stereocenters. The van der Waals surface area contributed by atoms with Crippen LogP contribution >= 0.6 is 22.7 Å². The molecule has 0 radical (unpaired) electrons. The topological polar surface area (TPSA) is 134 Å². The molecule has 1 unspecified atom stereocenters. The van der Waals surface area contributed by atoms with E-state index in [-0.39, 0.29) is 24.1 Å². The van der Waals surface area contributed by atoms with Gasteiger partial charge in [0.05, 0.1) is 28.6 Å². The van der Waals surface area contributed by atoms with Crippen LogP contribution in [0.5, 0.6) is 5.75 Å². The Morgan fingerprint density at radius 1 is 1.06 bits per heavy atom. The lowest BCUT2D eigenvalue weighted by Crippen LogP contribution is -2.14. The van der Waals surface area contributed by atoms with E-state index in [4.69, 9.17) is 11.2 Å². The smallest absolute Gasteiger partial charge is 0.355 e. The minimum atomic E-state index is -1.11.